The van der Waals surface area contributed by atoms with Gasteiger partial charge in [-0.05, 0) is 35.7 Å². The Bertz CT molecular complexity index is 1200. The summed E-state index contributed by atoms with van der Waals surface area (Å²) in [5.74, 6) is 0. The van der Waals surface area contributed by atoms with Crippen LogP contribution in [0.2, 0.25) is 10.0 Å². The van der Waals surface area contributed by atoms with Gasteiger partial charge in [-0.3, -0.25) is 4.99 Å². The molecule has 0 aliphatic rings. The van der Waals surface area contributed by atoms with Crippen LogP contribution in [-0.4, -0.2) is 6.21 Å². The highest BCUT2D eigenvalue weighted by Gasteiger charge is 2.07. The molecule has 4 aromatic rings. The van der Waals surface area contributed by atoms with Crippen LogP contribution in [0, 0.1) is 0 Å². The maximum atomic E-state index is 12.1. The Kier molecular flexibility index (Phi) is 4.04. The van der Waals surface area contributed by atoms with Crippen LogP contribution in [-0.2, 0) is 0 Å². The molecule has 0 spiro atoms. The fourth-order valence-corrected chi connectivity index (χ4v) is 3.16. The van der Waals surface area contributed by atoms with Gasteiger partial charge in [0.15, 0.2) is 0 Å². The van der Waals surface area contributed by atoms with Crippen LogP contribution in [0.1, 0.15) is 5.56 Å². The molecule has 0 fully saturated rings. The van der Waals surface area contributed by atoms with E-state index in [-0.39, 0.29) is 5.63 Å². The van der Waals surface area contributed by atoms with Crippen molar-refractivity contribution < 1.29 is 4.42 Å². The first kappa shape index (κ1) is 15.9. The quantitative estimate of drug-likeness (QED) is 0.247. The molecule has 0 amide bonds. The van der Waals surface area contributed by atoms with E-state index in [0.717, 1.165) is 16.3 Å². The van der Waals surface area contributed by atoms with E-state index in [4.69, 9.17) is 27.6 Å². The van der Waals surface area contributed by atoms with Gasteiger partial charge in [0.25, 0.3) is 0 Å². The summed E-state index contributed by atoms with van der Waals surface area (Å²) in [4.78, 5) is 16.5. The van der Waals surface area contributed by atoms with Gasteiger partial charge in [-0.15, -0.1) is 0 Å². The van der Waals surface area contributed by atoms with Crippen LogP contribution in [0.4, 0.5) is 5.69 Å². The Morgan fingerprint density at radius 1 is 0.880 bits per heavy atom. The summed E-state index contributed by atoms with van der Waals surface area (Å²) in [6.07, 6.45) is 1.65. The highest BCUT2D eigenvalue weighted by Crippen LogP contribution is 2.27. The van der Waals surface area contributed by atoms with E-state index >= 15 is 0 Å². The Labute approximate surface area is 153 Å². The van der Waals surface area contributed by atoms with Crippen molar-refractivity contribution in [2.24, 2.45) is 4.99 Å². The number of hydrogen-bond acceptors (Lipinski definition) is 3. The van der Waals surface area contributed by atoms with Gasteiger partial charge in [0.1, 0.15) is 5.58 Å². The number of nitrogens with zero attached hydrogens (tertiary/aromatic N) is 1. The number of fused-ring (bicyclic) bond motifs is 3. The van der Waals surface area contributed by atoms with Crippen LogP contribution >= 0.6 is 23.2 Å². The minimum atomic E-state index is -0.357. The van der Waals surface area contributed by atoms with Crippen molar-refractivity contribution in [1.29, 1.82) is 0 Å². The molecule has 0 atom stereocenters. The molecule has 0 saturated heterocycles. The second-order valence-electron chi connectivity index (χ2n) is 5.54. The smallest absolute Gasteiger partial charge is 0.344 e. The zero-order chi connectivity index (χ0) is 17.4. The van der Waals surface area contributed by atoms with Gasteiger partial charge in [0, 0.05) is 28.3 Å². The third kappa shape index (κ3) is 3.04. The van der Waals surface area contributed by atoms with Gasteiger partial charge >= 0.3 is 5.63 Å². The van der Waals surface area contributed by atoms with E-state index in [0.29, 0.717) is 26.7 Å². The normalized spacial score (nSPS) is 11.6. The molecule has 0 aliphatic carbocycles. The molecular weight excluding hydrogens is 357 g/mol. The average molecular weight is 368 g/mol. The molecule has 3 aromatic carbocycles. The Morgan fingerprint density at radius 3 is 2.48 bits per heavy atom. The second-order valence-corrected chi connectivity index (χ2v) is 6.38. The lowest BCUT2D eigenvalue weighted by atomic mass is 10.1. The summed E-state index contributed by atoms with van der Waals surface area (Å²) in [6, 6.07) is 18.1. The zero-order valence-electron chi connectivity index (χ0n) is 12.9. The first-order valence-electron chi connectivity index (χ1n) is 7.56. The SMILES string of the molecule is O=c1oc2cc(N=Cc3ccc(Cl)cc3Cl)ccc2c2ccccc12. The summed E-state index contributed by atoms with van der Waals surface area (Å²) in [7, 11) is 0. The topological polar surface area (TPSA) is 42.6 Å². The minimum absolute atomic E-state index is 0.357. The highest BCUT2D eigenvalue weighted by atomic mass is 35.5. The molecule has 0 N–H and O–H groups in total. The first-order chi connectivity index (χ1) is 12.1. The summed E-state index contributed by atoms with van der Waals surface area (Å²) in [6.45, 7) is 0. The average Bonchev–Trinajstić information content (AvgIpc) is 2.61. The van der Waals surface area contributed by atoms with Crippen LogP contribution in [0.25, 0.3) is 21.7 Å². The van der Waals surface area contributed by atoms with E-state index in [2.05, 4.69) is 4.99 Å². The standard InChI is InChI=1S/C20H11Cl2NO2/c21-13-6-5-12(18(22)9-13)11-23-14-7-8-16-15-3-1-2-4-17(15)20(24)25-19(16)10-14/h1-11H. The van der Waals surface area contributed by atoms with Crippen molar-refractivity contribution in [1.82, 2.24) is 0 Å². The van der Waals surface area contributed by atoms with Crippen molar-refractivity contribution in [3.05, 3.63) is 86.7 Å². The number of aliphatic imine (C=N–C) groups is 1. The fraction of sp³-hybridized carbons (Fsp3) is 0. The van der Waals surface area contributed by atoms with Gasteiger partial charge in [-0.25, -0.2) is 4.79 Å². The van der Waals surface area contributed by atoms with Gasteiger partial charge in [-0.2, -0.15) is 0 Å². The lowest BCUT2D eigenvalue weighted by Gasteiger charge is -2.03. The van der Waals surface area contributed by atoms with E-state index in [1.807, 2.05) is 30.3 Å². The van der Waals surface area contributed by atoms with Crippen LogP contribution in [0.3, 0.4) is 0 Å². The maximum Gasteiger partial charge on any atom is 0.344 e. The molecule has 3 nitrogen and oxygen atoms in total. The molecule has 1 heterocycles. The first-order valence-corrected chi connectivity index (χ1v) is 8.32. The predicted molar refractivity (Wildman–Crippen MR) is 104 cm³/mol. The van der Waals surface area contributed by atoms with Gasteiger partial charge < -0.3 is 4.42 Å². The Balaban J connectivity index is 1.80. The van der Waals surface area contributed by atoms with Crippen LogP contribution in [0.15, 0.2) is 74.9 Å². The van der Waals surface area contributed by atoms with Crippen LogP contribution in [0.5, 0.6) is 0 Å². The minimum Gasteiger partial charge on any atom is -0.422 e. The largest absolute Gasteiger partial charge is 0.422 e. The fourth-order valence-electron chi connectivity index (χ4n) is 2.70. The van der Waals surface area contributed by atoms with Crippen molar-refractivity contribution in [2.75, 3.05) is 0 Å². The van der Waals surface area contributed by atoms with Crippen molar-refractivity contribution in [3.63, 3.8) is 0 Å². The lowest BCUT2D eigenvalue weighted by Crippen LogP contribution is -1.99. The molecular formula is C20H11Cl2NO2. The predicted octanol–water partition coefficient (Wildman–Crippen LogP) is 6.00. The molecule has 122 valence electrons. The maximum absolute atomic E-state index is 12.1. The van der Waals surface area contributed by atoms with E-state index in [9.17, 15) is 4.79 Å². The zero-order valence-corrected chi connectivity index (χ0v) is 14.4. The van der Waals surface area contributed by atoms with Gasteiger partial charge in [0.05, 0.1) is 16.1 Å². The summed E-state index contributed by atoms with van der Waals surface area (Å²) < 4.78 is 5.43. The number of rotatable bonds is 2. The lowest BCUT2D eigenvalue weighted by molar-refractivity contribution is 0.570. The highest BCUT2D eigenvalue weighted by molar-refractivity contribution is 6.36. The van der Waals surface area contributed by atoms with Crippen molar-refractivity contribution >= 4 is 56.8 Å². The van der Waals surface area contributed by atoms with E-state index in [1.54, 1.807) is 36.5 Å². The molecule has 0 saturated carbocycles. The third-order valence-corrected chi connectivity index (χ3v) is 4.48. The molecule has 0 aliphatic heterocycles. The molecule has 5 heteroatoms. The summed E-state index contributed by atoms with van der Waals surface area (Å²) >= 11 is 12.0. The molecule has 25 heavy (non-hydrogen) atoms. The number of benzene rings is 3. The molecule has 4 rings (SSSR count). The van der Waals surface area contributed by atoms with Crippen LogP contribution < -0.4 is 5.63 Å². The summed E-state index contributed by atoms with van der Waals surface area (Å²) in [5, 5.41) is 3.40. The number of halogens is 2. The monoisotopic (exact) mass is 367 g/mol. The molecule has 0 radical (unpaired) electrons. The molecule has 0 bridgehead atoms. The Hall–Kier alpha value is -2.62. The van der Waals surface area contributed by atoms with E-state index in [1.165, 1.54) is 0 Å². The Morgan fingerprint density at radius 2 is 1.68 bits per heavy atom. The second kappa shape index (κ2) is 6.36. The summed E-state index contributed by atoms with van der Waals surface area (Å²) in [5.41, 5.74) is 1.56. The van der Waals surface area contributed by atoms with Gasteiger partial charge in [-0.1, -0.05) is 47.5 Å². The van der Waals surface area contributed by atoms with Crippen molar-refractivity contribution in [2.45, 2.75) is 0 Å². The van der Waals surface area contributed by atoms with E-state index < -0.39 is 0 Å². The molecule has 1 aromatic heterocycles. The van der Waals surface area contributed by atoms with Crippen molar-refractivity contribution in [3.8, 4) is 0 Å². The number of hydrogen-bond donors (Lipinski definition) is 0. The third-order valence-electron chi connectivity index (χ3n) is 3.92. The van der Waals surface area contributed by atoms with Gasteiger partial charge in [0.2, 0.25) is 0 Å². The molecule has 0 unspecified atom stereocenters.